The number of carbonyl (C=O) groups excluding carboxylic acids is 1. The summed E-state index contributed by atoms with van der Waals surface area (Å²) in [6.07, 6.45) is 0. The van der Waals surface area contributed by atoms with Gasteiger partial charge in [0.15, 0.2) is 0 Å². The fourth-order valence-corrected chi connectivity index (χ4v) is 2.67. The number of hydrogen-bond donors (Lipinski definition) is 1. The van der Waals surface area contributed by atoms with Crippen molar-refractivity contribution in [1.29, 1.82) is 0 Å². The molecule has 1 N–H and O–H groups in total. The molecule has 0 spiro atoms. The summed E-state index contributed by atoms with van der Waals surface area (Å²) in [5.74, 6) is -0.669. The summed E-state index contributed by atoms with van der Waals surface area (Å²) in [5, 5.41) is 6.66. The van der Waals surface area contributed by atoms with Crippen molar-refractivity contribution in [2.45, 2.75) is 26.4 Å². The summed E-state index contributed by atoms with van der Waals surface area (Å²) in [6.45, 7) is 5.29. The highest BCUT2D eigenvalue weighted by atomic mass is 16.6. The predicted octanol–water partition coefficient (Wildman–Crippen LogP) is 4.06. The van der Waals surface area contributed by atoms with Crippen LogP contribution < -0.4 is 5.56 Å². The molecule has 1 aromatic heterocycles. The van der Waals surface area contributed by atoms with Crippen LogP contribution in [0.25, 0.3) is 22.4 Å². The van der Waals surface area contributed by atoms with Gasteiger partial charge in [-0.25, -0.2) is 9.89 Å². The third-order valence-electron chi connectivity index (χ3n) is 3.70. The van der Waals surface area contributed by atoms with Crippen molar-refractivity contribution >= 4 is 5.97 Å². The number of aromatic nitrogens is 2. The fraction of sp³-hybridized carbons (Fsp3) is 0.190. The summed E-state index contributed by atoms with van der Waals surface area (Å²) in [5.41, 5.74) is 1.19. The molecule has 26 heavy (non-hydrogen) atoms. The third-order valence-corrected chi connectivity index (χ3v) is 3.70. The van der Waals surface area contributed by atoms with E-state index < -0.39 is 17.1 Å². The highest BCUT2D eigenvalue weighted by molar-refractivity contribution is 6.00. The van der Waals surface area contributed by atoms with E-state index in [1.165, 1.54) is 0 Å². The number of nitrogens with zero attached hydrogens (tertiary/aromatic N) is 1. The highest BCUT2D eigenvalue weighted by Crippen LogP contribution is 2.32. The molecule has 0 saturated heterocycles. The number of aromatic amines is 1. The van der Waals surface area contributed by atoms with E-state index in [9.17, 15) is 9.59 Å². The third kappa shape index (κ3) is 3.72. The Balaban J connectivity index is 2.30. The maximum Gasteiger partial charge on any atom is 0.345 e. The van der Waals surface area contributed by atoms with E-state index in [0.717, 1.165) is 11.1 Å². The standard InChI is InChI=1S/C21H20N2O3/c1-21(2,3)26-20(25)17-16(14-10-6-4-7-11-14)18(22-23-19(17)24)15-12-8-5-9-13-15/h4-13H,1-3H3,(H,23,24). The maximum absolute atomic E-state index is 12.8. The molecule has 132 valence electrons. The second-order valence-electron chi connectivity index (χ2n) is 6.89. The molecule has 0 aliphatic rings. The van der Waals surface area contributed by atoms with Gasteiger partial charge in [0.1, 0.15) is 11.2 Å². The van der Waals surface area contributed by atoms with Crippen molar-refractivity contribution < 1.29 is 9.53 Å². The van der Waals surface area contributed by atoms with Crippen molar-refractivity contribution in [2.24, 2.45) is 0 Å². The molecule has 0 bridgehead atoms. The fourth-order valence-electron chi connectivity index (χ4n) is 2.67. The molecule has 0 amide bonds. The Morgan fingerprint density at radius 1 is 0.923 bits per heavy atom. The molecular formula is C21H20N2O3. The second-order valence-corrected chi connectivity index (χ2v) is 6.89. The largest absolute Gasteiger partial charge is 0.456 e. The molecule has 0 fully saturated rings. The van der Waals surface area contributed by atoms with Gasteiger partial charge in [0.05, 0.1) is 5.69 Å². The average Bonchev–Trinajstić information content (AvgIpc) is 2.61. The Bertz CT molecular complexity index is 972. The van der Waals surface area contributed by atoms with Gasteiger partial charge < -0.3 is 4.74 Å². The van der Waals surface area contributed by atoms with Crippen LogP contribution in [0.3, 0.4) is 0 Å². The van der Waals surface area contributed by atoms with Crippen molar-refractivity contribution in [3.8, 4) is 22.4 Å². The maximum atomic E-state index is 12.8. The molecule has 2 aromatic carbocycles. The van der Waals surface area contributed by atoms with Gasteiger partial charge in [0.2, 0.25) is 0 Å². The minimum atomic E-state index is -0.715. The van der Waals surface area contributed by atoms with Crippen LogP contribution >= 0.6 is 0 Å². The van der Waals surface area contributed by atoms with Crippen molar-refractivity contribution in [3.05, 3.63) is 76.6 Å². The molecule has 0 aliphatic heterocycles. The molecule has 0 atom stereocenters. The minimum Gasteiger partial charge on any atom is -0.456 e. The van der Waals surface area contributed by atoms with Gasteiger partial charge in [-0.1, -0.05) is 60.7 Å². The molecule has 5 nitrogen and oxygen atoms in total. The van der Waals surface area contributed by atoms with Crippen LogP contribution in [0.1, 0.15) is 31.1 Å². The number of nitrogens with one attached hydrogen (secondary N) is 1. The molecule has 0 unspecified atom stereocenters. The Hall–Kier alpha value is -3.21. The second kappa shape index (κ2) is 6.96. The molecule has 0 aliphatic carbocycles. The van der Waals surface area contributed by atoms with E-state index >= 15 is 0 Å². The zero-order valence-corrected chi connectivity index (χ0v) is 14.9. The summed E-state index contributed by atoms with van der Waals surface area (Å²) >= 11 is 0. The first-order valence-corrected chi connectivity index (χ1v) is 8.34. The van der Waals surface area contributed by atoms with Crippen LogP contribution in [0.4, 0.5) is 0 Å². The van der Waals surface area contributed by atoms with Gasteiger partial charge in [0, 0.05) is 11.1 Å². The first-order chi connectivity index (χ1) is 12.4. The lowest BCUT2D eigenvalue weighted by Gasteiger charge is -2.21. The average molecular weight is 348 g/mol. The lowest BCUT2D eigenvalue weighted by Crippen LogP contribution is -2.29. The quantitative estimate of drug-likeness (QED) is 0.725. The molecule has 0 radical (unpaired) electrons. The van der Waals surface area contributed by atoms with E-state index in [1.54, 1.807) is 20.8 Å². The van der Waals surface area contributed by atoms with Crippen molar-refractivity contribution in [1.82, 2.24) is 10.2 Å². The first kappa shape index (κ1) is 17.6. The molecular weight excluding hydrogens is 328 g/mol. The molecule has 0 saturated carbocycles. The zero-order valence-electron chi connectivity index (χ0n) is 14.9. The van der Waals surface area contributed by atoms with Crippen LogP contribution in [0, 0.1) is 0 Å². The summed E-state index contributed by atoms with van der Waals surface area (Å²) in [4.78, 5) is 25.3. The predicted molar refractivity (Wildman–Crippen MR) is 101 cm³/mol. The van der Waals surface area contributed by atoms with E-state index in [2.05, 4.69) is 10.2 Å². The highest BCUT2D eigenvalue weighted by Gasteiger charge is 2.27. The van der Waals surface area contributed by atoms with E-state index in [-0.39, 0.29) is 5.56 Å². The summed E-state index contributed by atoms with van der Waals surface area (Å²) in [7, 11) is 0. The van der Waals surface area contributed by atoms with Crippen LogP contribution in [-0.2, 0) is 4.74 Å². The summed E-state index contributed by atoms with van der Waals surface area (Å²) in [6, 6.07) is 18.7. The van der Waals surface area contributed by atoms with Gasteiger partial charge in [-0.2, -0.15) is 5.10 Å². The molecule has 5 heteroatoms. The van der Waals surface area contributed by atoms with Crippen molar-refractivity contribution in [2.75, 3.05) is 0 Å². The number of rotatable bonds is 3. The topological polar surface area (TPSA) is 72.0 Å². The number of hydrogen-bond acceptors (Lipinski definition) is 4. The zero-order chi connectivity index (χ0) is 18.7. The first-order valence-electron chi connectivity index (χ1n) is 8.34. The van der Waals surface area contributed by atoms with Crippen molar-refractivity contribution in [3.63, 3.8) is 0 Å². The number of ether oxygens (including phenoxy) is 1. The lowest BCUT2D eigenvalue weighted by atomic mass is 9.95. The Morgan fingerprint density at radius 3 is 2.00 bits per heavy atom. The van der Waals surface area contributed by atoms with Gasteiger partial charge in [-0.3, -0.25) is 4.79 Å². The number of benzene rings is 2. The molecule has 3 aromatic rings. The van der Waals surface area contributed by atoms with Gasteiger partial charge in [-0.05, 0) is 26.3 Å². The number of carbonyl (C=O) groups is 1. The SMILES string of the molecule is CC(C)(C)OC(=O)c1c(-c2ccccc2)c(-c2ccccc2)n[nH]c1=O. The van der Waals surface area contributed by atoms with Crippen LogP contribution in [-0.4, -0.2) is 21.8 Å². The van der Waals surface area contributed by atoms with E-state index in [4.69, 9.17) is 4.74 Å². The minimum absolute atomic E-state index is 0.0417. The Kier molecular flexibility index (Phi) is 4.71. The van der Waals surface area contributed by atoms with Gasteiger partial charge >= 0.3 is 5.97 Å². The van der Waals surface area contributed by atoms with E-state index in [1.807, 2.05) is 60.7 Å². The van der Waals surface area contributed by atoms with Gasteiger partial charge in [-0.15, -0.1) is 0 Å². The molecule has 3 rings (SSSR count). The lowest BCUT2D eigenvalue weighted by molar-refractivity contribution is 0.00683. The summed E-state index contributed by atoms with van der Waals surface area (Å²) < 4.78 is 5.47. The van der Waals surface area contributed by atoms with Crippen LogP contribution in [0.5, 0.6) is 0 Å². The normalized spacial score (nSPS) is 11.2. The van der Waals surface area contributed by atoms with Gasteiger partial charge in [0.25, 0.3) is 5.56 Å². The Labute approximate surface area is 151 Å². The smallest absolute Gasteiger partial charge is 0.345 e. The van der Waals surface area contributed by atoms with E-state index in [0.29, 0.717) is 11.3 Å². The monoisotopic (exact) mass is 348 g/mol. The van der Waals surface area contributed by atoms with Crippen LogP contribution in [0.15, 0.2) is 65.5 Å². The molecule has 1 heterocycles. The van der Waals surface area contributed by atoms with Crippen LogP contribution in [0.2, 0.25) is 0 Å². The Morgan fingerprint density at radius 2 is 1.46 bits per heavy atom. The number of H-pyrrole nitrogens is 1. The number of esters is 1.